The third-order valence-corrected chi connectivity index (χ3v) is 5.77. The van der Waals surface area contributed by atoms with Crippen LogP contribution in [-0.2, 0) is 14.3 Å². The Morgan fingerprint density at radius 2 is 2.28 bits per heavy atom. The zero-order chi connectivity index (χ0) is 12.6. The lowest BCUT2D eigenvalue weighted by molar-refractivity contribution is -0.144. The lowest BCUT2D eigenvalue weighted by Crippen LogP contribution is -2.44. The van der Waals surface area contributed by atoms with E-state index in [1.807, 2.05) is 11.8 Å². The van der Waals surface area contributed by atoms with Crippen LogP contribution in [-0.4, -0.2) is 42.7 Å². The molecule has 0 aromatic heterocycles. The molecule has 18 heavy (non-hydrogen) atoms. The fourth-order valence-electron chi connectivity index (χ4n) is 3.31. The number of Topliss-reactive ketones (excluding diaryl/α,β-unsaturated/α-hetero) is 1. The number of hydrogen-bond acceptors (Lipinski definition) is 4. The maximum absolute atomic E-state index is 12.6. The molecule has 3 fully saturated rings. The second kappa shape index (κ2) is 5.14. The van der Waals surface area contributed by atoms with E-state index in [0.29, 0.717) is 11.7 Å². The van der Waals surface area contributed by atoms with Gasteiger partial charge in [-0.25, -0.2) is 0 Å². The van der Waals surface area contributed by atoms with Crippen molar-refractivity contribution in [2.24, 2.45) is 11.8 Å². The number of methoxy groups -OCH3 is 1. The van der Waals surface area contributed by atoms with E-state index in [1.54, 1.807) is 7.11 Å². The number of thioether (sulfide) groups is 1. The number of carbonyl (C=O) groups is 1. The zero-order valence-corrected chi connectivity index (χ0v) is 11.8. The molecule has 0 bridgehead atoms. The fraction of sp³-hybridized carbons (Fsp3) is 0.929. The molecule has 0 radical (unpaired) electrons. The van der Waals surface area contributed by atoms with Crippen molar-refractivity contribution in [3.05, 3.63) is 0 Å². The Morgan fingerprint density at radius 3 is 2.89 bits per heavy atom. The first-order valence-electron chi connectivity index (χ1n) is 7.02. The molecular weight excluding hydrogens is 248 g/mol. The summed E-state index contributed by atoms with van der Waals surface area (Å²) >= 11 is 1.96. The molecule has 2 aliphatic heterocycles. The van der Waals surface area contributed by atoms with Gasteiger partial charge in [-0.2, -0.15) is 11.8 Å². The van der Waals surface area contributed by atoms with Gasteiger partial charge < -0.3 is 9.47 Å². The monoisotopic (exact) mass is 270 g/mol. The molecule has 1 saturated carbocycles. The van der Waals surface area contributed by atoms with E-state index in [-0.39, 0.29) is 17.6 Å². The van der Waals surface area contributed by atoms with E-state index in [1.165, 1.54) is 5.75 Å². The van der Waals surface area contributed by atoms with E-state index in [0.717, 1.165) is 44.5 Å². The van der Waals surface area contributed by atoms with Crippen LogP contribution in [0.1, 0.15) is 32.1 Å². The number of hydrogen-bond donors (Lipinski definition) is 0. The summed E-state index contributed by atoms with van der Waals surface area (Å²) in [5, 5.41) is 0. The van der Waals surface area contributed by atoms with Gasteiger partial charge in [-0.1, -0.05) is 0 Å². The smallest absolute Gasteiger partial charge is 0.165 e. The molecule has 102 valence electrons. The first-order chi connectivity index (χ1) is 8.74. The second-order valence-electron chi connectivity index (χ2n) is 5.92. The molecule has 2 heterocycles. The molecule has 0 aromatic carbocycles. The minimum atomic E-state index is -0.140. The van der Waals surface area contributed by atoms with Crippen LogP contribution in [0.5, 0.6) is 0 Å². The Balaban J connectivity index is 1.65. The Kier molecular flexibility index (Phi) is 3.70. The van der Waals surface area contributed by atoms with Crippen LogP contribution in [0.4, 0.5) is 0 Å². The molecule has 2 saturated heterocycles. The molecule has 3 atom stereocenters. The van der Waals surface area contributed by atoms with E-state index in [9.17, 15) is 4.79 Å². The number of rotatable bonds is 4. The number of ether oxygens (including phenoxy) is 2. The van der Waals surface area contributed by atoms with Crippen LogP contribution >= 0.6 is 11.8 Å². The van der Waals surface area contributed by atoms with Gasteiger partial charge in [0.15, 0.2) is 5.78 Å². The van der Waals surface area contributed by atoms with Crippen molar-refractivity contribution in [3.8, 4) is 0 Å². The standard InChI is InChI=1S/C14H22O3S/c1-16-13(10-2-3-10)12(15)11-4-6-17-14(8-11)5-7-18-9-14/h10-11,13H,2-9H2,1H3. The highest BCUT2D eigenvalue weighted by Crippen LogP contribution is 2.43. The molecule has 0 amide bonds. The fourth-order valence-corrected chi connectivity index (χ4v) is 4.68. The Bertz CT molecular complexity index is 321. The van der Waals surface area contributed by atoms with Crippen LogP contribution in [0, 0.1) is 11.8 Å². The molecule has 3 aliphatic rings. The van der Waals surface area contributed by atoms with Crippen molar-refractivity contribution in [1.82, 2.24) is 0 Å². The Hall–Kier alpha value is -0.0600. The van der Waals surface area contributed by atoms with Crippen molar-refractivity contribution >= 4 is 17.5 Å². The summed E-state index contributed by atoms with van der Waals surface area (Å²) in [6.45, 7) is 0.748. The van der Waals surface area contributed by atoms with Crippen molar-refractivity contribution in [2.75, 3.05) is 25.2 Å². The molecule has 4 heteroatoms. The molecule has 1 spiro atoms. The quantitative estimate of drug-likeness (QED) is 0.785. The maximum Gasteiger partial charge on any atom is 0.165 e. The van der Waals surface area contributed by atoms with Crippen LogP contribution in [0.2, 0.25) is 0 Å². The Morgan fingerprint density at radius 1 is 1.44 bits per heavy atom. The van der Waals surface area contributed by atoms with Gasteiger partial charge in [-0.15, -0.1) is 0 Å². The summed E-state index contributed by atoms with van der Waals surface area (Å²) < 4.78 is 11.4. The summed E-state index contributed by atoms with van der Waals surface area (Å²) in [5.74, 6) is 3.26. The van der Waals surface area contributed by atoms with E-state index in [4.69, 9.17) is 9.47 Å². The normalized spacial score (nSPS) is 37.9. The molecule has 1 aliphatic carbocycles. The summed E-state index contributed by atoms with van der Waals surface area (Å²) in [7, 11) is 1.68. The van der Waals surface area contributed by atoms with Gasteiger partial charge >= 0.3 is 0 Å². The van der Waals surface area contributed by atoms with Crippen LogP contribution in [0.25, 0.3) is 0 Å². The highest BCUT2D eigenvalue weighted by atomic mass is 32.2. The van der Waals surface area contributed by atoms with Crippen LogP contribution in [0.15, 0.2) is 0 Å². The highest BCUT2D eigenvalue weighted by Gasteiger charge is 2.46. The van der Waals surface area contributed by atoms with Crippen LogP contribution in [0.3, 0.4) is 0 Å². The van der Waals surface area contributed by atoms with E-state index in [2.05, 4.69) is 0 Å². The average molecular weight is 270 g/mol. The first kappa shape index (κ1) is 12.9. The largest absolute Gasteiger partial charge is 0.374 e. The van der Waals surface area contributed by atoms with Crippen molar-refractivity contribution in [2.45, 2.75) is 43.8 Å². The summed E-state index contributed by atoms with van der Waals surface area (Å²) in [4.78, 5) is 12.6. The minimum absolute atomic E-state index is 0.00505. The van der Waals surface area contributed by atoms with Gasteiger partial charge in [0, 0.05) is 25.4 Å². The van der Waals surface area contributed by atoms with Gasteiger partial charge in [0.05, 0.1) is 5.60 Å². The Labute approximate surface area is 113 Å². The van der Waals surface area contributed by atoms with Crippen molar-refractivity contribution < 1.29 is 14.3 Å². The molecule has 3 unspecified atom stereocenters. The number of carbonyl (C=O) groups excluding carboxylic acids is 1. The zero-order valence-electron chi connectivity index (χ0n) is 11.0. The summed E-state index contributed by atoms with van der Waals surface area (Å²) in [5.41, 5.74) is 0.00505. The van der Waals surface area contributed by atoms with E-state index < -0.39 is 0 Å². The lowest BCUT2D eigenvalue weighted by atomic mass is 9.81. The van der Waals surface area contributed by atoms with Gasteiger partial charge in [0.1, 0.15) is 6.10 Å². The molecule has 3 rings (SSSR count). The van der Waals surface area contributed by atoms with Crippen molar-refractivity contribution in [3.63, 3.8) is 0 Å². The topological polar surface area (TPSA) is 35.5 Å². The minimum Gasteiger partial charge on any atom is -0.374 e. The molecule has 0 aromatic rings. The average Bonchev–Trinajstić information content (AvgIpc) is 3.13. The van der Waals surface area contributed by atoms with Gasteiger partial charge in [-0.05, 0) is 43.8 Å². The van der Waals surface area contributed by atoms with Crippen LogP contribution < -0.4 is 0 Å². The predicted molar refractivity (Wildman–Crippen MR) is 71.9 cm³/mol. The third kappa shape index (κ3) is 2.47. The second-order valence-corrected chi connectivity index (χ2v) is 7.03. The number of ketones is 1. The summed E-state index contributed by atoms with van der Waals surface area (Å²) in [6.07, 6.45) is 5.11. The van der Waals surface area contributed by atoms with Gasteiger partial charge in [-0.3, -0.25) is 4.79 Å². The summed E-state index contributed by atoms with van der Waals surface area (Å²) in [6, 6.07) is 0. The molecule has 0 N–H and O–H groups in total. The maximum atomic E-state index is 12.6. The predicted octanol–water partition coefficient (Wildman–Crippen LogP) is 2.28. The van der Waals surface area contributed by atoms with E-state index >= 15 is 0 Å². The SMILES string of the molecule is COC(C(=O)C1CCOC2(CCSC2)C1)C1CC1. The third-order valence-electron chi connectivity index (χ3n) is 4.55. The van der Waals surface area contributed by atoms with Gasteiger partial charge in [0.25, 0.3) is 0 Å². The lowest BCUT2D eigenvalue weighted by Gasteiger charge is -2.38. The van der Waals surface area contributed by atoms with Crippen molar-refractivity contribution in [1.29, 1.82) is 0 Å². The highest BCUT2D eigenvalue weighted by molar-refractivity contribution is 7.99. The molecular formula is C14H22O3S. The molecule has 3 nitrogen and oxygen atoms in total. The first-order valence-corrected chi connectivity index (χ1v) is 8.18. The van der Waals surface area contributed by atoms with Gasteiger partial charge in [0.2, 0.25) is 0 Å².